The quantitative estimate of drug-likeness (QED) is 0.666. The number of amides is 1. The number of anilines is 2. The number of nitrogens with zero attached hydrogens (tertiary/aromatic N) is 2. The molecule has 0 atom stereocenters. The van der Waals surface area contributed by atoms with Crippen LogP contribution in [0.1, 0.15) is 10.4 Å². The van der Waals surface area contributed by atoms with Crippen molar-refractivity contribution in [2.75, 3.05) is 36.5 Å². The molecule has 1 N–H and O–H groups in total. The number of hydrogen-bond acceptors (Lipinski definition) is 5. The molecule has 3 rings (SSSR count). The molecule has 0 aromatic heterocycles. The summed E-state index contributed by atoms with van der Waals surface area (Å²) in [6.07, 6.45) is 0. The molecule has 0 aliphatic carbocycles. The van der Waals surface area contributed by atoms with E-state index in [1.54, 1.807) is 6.07 Å². The van der Waals surface area contributed by atoms with Gasteiger partial charge in [0.05, 0.1) is 18.1 Å². The van der Waals surface area contributed by atoms with Gasteiger partial charge in [0.2, 0.25) is 0 Å². The number of morpholine rings is 1. The number of non-ortho nitro benzene ring substituents is 1. The molecular formula is C17H18ClN3O4. The Labute approximate surface area is 151 Å². The average Bonchev–Trinajstić information content (AvgIpc) is 2.63. The first-order chi connectivity index (χ1) is 11.6. The Hall–Kier alpha value is -2.64. The second-order valence-corrected chi connectivity index (χ2v) is 5.41. The lowest BCUT2D eigenvalue weighted by Crippen LogP contribution is -2.36. The van der Waals surface area contributed by atoms with Crippen LogP contribution in [-0.4, -0.2) is 37.1 Å². The fourth-order valence-corrected chi connectivity index (χ4v) is 2.54. The Morgan fingerprint density at radius 3 is 2.44 bits per heavy atom. The largest absolute Gasteiger partial charge is 0.378 e. The first-order valence-electron chi connectivity index (χ1n) is 7.62. The summed E-state index contributed by atoms with van der Waals surface area (Å²) in [5.74, 6) is -0.377. The monoisotopic (exact) mass is 363 g/mol. The predicted molar refractivity (Wildman–Crippen MR) is 97.8 cm³/mol. The molecule has 2 aromatic rings. The highest BCUT2D eigenvalue weighted by atomic mass is 35.5. The normalized spacial score (nSPS) is 13.7. The van der Waals surface area contributed by atoms with Gasteiger partial charge < -0.3 is 15.0 Å². The minimum atomic E-state index is -0.520. The van der Waals surface area contributed by atoms with Crippen molar-refractivity contribution < 1.29 is 14.5 Å². The molecule has 0 unspecified atom stereocenters. The third kappa shape index (κ3) is 4.68. The van der Waals surface area contributed by atoms with Crippen LogP contribution in [0.5, 0.6) is 0 Å². The third-order valence-corrected chi connectivity index (χ3v) is 3.82. The third-order valence-electron chi connectivity index (χ3n) is 3.82. The van der Waals surface area contributed by atoms with Crippen LogP contribution in [0.2, 0.25) is 0 Å². The van der Waals surface area contributed by atoms with Crippen LogP contribution in [0.15, 0.2) is 48.5 Å². The van der Waals surface area contributed by atoms with Crippen molar-refractivity contribution >= 4 is 35.4 Å². The van der Waals surface area contributed by atoms with Gasteiger partial charge in [-0.1, -0.05) is 6.07 Å². The Morgan fingerprint density at radius 1 is 1.12 bits per heavy atom. The highest BCUT2D eigenvalue weighted by Gasteiger charge is 2.13. The van der Waals surface area contributed by atoms with Crippen LogP contribution < -0.4 is 10.2 Å². The van der Waals surface area contributed by atoms with Gasteiger partial charge in [-0.15, -0.1) is 12.4 Å². The van der Waals surface area contributed by atoms with Gasteiger partial charge >= 0.3 is 0 Å². The summed E-state index contributed by atoms with van der Waals surface area (Å²) >= 11 is 0. The number of ether oxygens (including phenoxy) is 1. The SMILES string of the molecule is Cl.O=C(Nc1ccc(N2CCOCC2)cc1)c1cccc([N+](=O)[O-])c1. The maximum Gasteiger partial charge on any atom is 0.270 e. The first kappa shape index (κ1) is 18.7. The Balaban J connectivity index is 0.00000225. The molecule has 7 nitrogen and oxygen atoms in total. The van der Waals surface area contributed by atoms with E-state index in [9.17, 15) is 14.9 Å². The topological polar surface area (TPSA) is 84.7 Å². The zero-order chi connectivity index (χ0) is 16.9. The molecule has 1 amide bonds. The minimum absolute atomic E-state index is 0. The van der Waals surface area contributed by atoms with Crippen LogP contribution in [0.3, 0.4) is 0 Å². The predicted octanol–water partition coefficient (Wildman–Crippen LogP) is 3.11. The number of carbonyl (C=O) groups is 1. The summed E-state index contributed by atoms with van der Waals surface area (Å²) in [4.78, 5) is 24.7. The summed E-state index contributed by atoms with van der Waals surface area (Å²) in [5, 5.41) is 13.5. The zero-order valence-electron chi connectivity index (χ0n) is 13.4. The molecule has 2 aromatic carbocycles. The van der Waals surface area contributed by atoms with E-state index in [-0.39, 0.29) is 29.6 Å². The molecule has 8 heteroatoms. The average molecular weight is 364 g/mol. The van der Waals surface area contributed by atoms with Crippen molar-refractivity contribution in [3.8, 4) is 0 Å². The van der Waals surface area contributed by atoms with Crippen molar-refractivity contribution in [1.29, 1.82) is 0 Å². The Bertz CT molecular complexity index is 746. The van der Waals surface area contributed by atoms with Gasteiger partial charge in [-0.3, -0.25) is 14.9 Å². The number of rotatable bonds is 4. The van der Waals surface area contributed by atoms with Gasteiger partial charge in [0.15, 0.2) is 0 Å². The number of benzene rings is 2. The summed E-state index contributed by atoms with van der Waals surface area (Å²) < 4.78 is 5.33. The van der Waals surface area contributed by atoms with Gasteiger partial charge in [-0.2, -0.15) is 0 Å². The summed E-state index contributed by atoms with van der Waals surface area (Å²) in [5.41, 5.74) is 1.86. The van der Waals surface area contributed by atoms with Crippen LogP contribution in [0, 0.1) is 10.1 Å². The number of nitro benzene ring substituents is 1. The van der Waals surface area contributed by atoms with Crippen molar-refractivity contribution in [3.05, 3.63) is 64.2 Å². The van der Waals surface area contributed by atoms with Crippen molar-refractivity contribution in [2.24, 2.45) is 0 Å². The van der Waals surface area contributed by atoms with Crippen LogP contribution in [0.25, 0.3) is 0 Å². The van der Waals surface area contributed by atoms with Gasteiger partial charge in [0.25, 0.3) is 11.6 Å². The number of nitro groups is 1. The summed E-state index contributed by atoms with van der Waals surface area (Å²) in [6, 6.07) is 13.2. The molecule has 0 radical (unpaired) electrons. The number of carbonyl (C=O) groups excluding carboxylic acids is 1. The lowest BCUT2D eigenvalue weighted by Gasteiger charge is -2.28. The van der Waals surface area contributed by atoms with Gasteiger partial charge in [-0.25, -0.2) is 0 Å². The number of hydrogen-bond donors (Lipinski definition) is 1. The Morgan fingerprint density at radius 2 is 1.80 bits per heavy atom. The second kappa shape index (κ2) is 8.46. The lowest BCUT2D eigenvalue weighted by molar-refractivity contribution is -0.384. The molecule has 0 spiro atoms. The molecule has 1 aliphatic rings. The molecule has 132 valence electrons. The van der Waals surface area contributed by atoms with E-state index in [0.29, 0.717) is 18.9 Å². The molecule has 0 bridgehead atoms. The molecule has 1 aliphatic heterocycles. The van der Waals surface area contributed by atoms with Crippen molar-refractivity contribution in [2.45, 2.75) is 0 Å². The number of halogens is 1. The van der Waals surface area contributed by atoms with E-state index < -0.39 is 4.92 Å². The van der Waals surface area contributed by atoms with Gasteiger partial charge in [0, 0.05) is 42.2 Å². The fraction of sp³-hybridized carbons (Fsp3) is 0.235. The van der Waals surface area contributed by atoms with Gasteiger partial charge in [-0.05, 0) is 30.3 Å². The van der Waals surface area contributed by atoms with Crippen LogP contribution in [-0.2, 0) is 4.74 Å². The van der Waals surface area contributed by atoms with E-state index in [1.165, 1.54) is 18.2 Å². The fourth-order valence-electron chi connectivity index (χ4n) is 2.54. The molecule has 25 heavy (non-hydrogen) atoms. The first-order valence-corrected chi connectivity index (χ1v) is 7.62. The van der Waals surface area contributed by atoms with Crippen molar-refractivity contribution in [3.63, 3.8) is 0 Å². The molecular weight excluding hydrogens is 346 g/mol. The molecule has 1 heterocycles. The van der Waals surface area contributed by atoms with E-state index in [0.717, 1.165) is 18.8 Å². The molecule has 1 fully saturated rings. The van der Waals surface area contributed by atoms with E-state index in [4.69, 9.17) is 4.74 Å². The maximum atomic E-state index is 12.2. The van der Waals surface area contributed by atoms with Crippen LogP contribution >= 0.6 is 12.4 Å². The van der Waals surface area contributed by atoms with Crippen LogP contribution in [0.4, 0.5) is 17.1 Å². The molecule has 1 saturated heterocycles. The van der Waals surface area contributed by atoms with Crippen molar-refractivity contribution in [1.82, 2.24) is 0 Å². The Kier molecular flexibility index (Phi) is 6.32. The molecule has 0 saturated carbocycles. The lowest BCUT2D eigenvalue weighted by atomic mass is 10.2. The van der Waals surface area contributed by atoms with E-state index in [1.807, 2.05) is 24.3 Å². The standard InChI is InChI=1S/C17H17N3O4.ClH/c21-17(13-2-1-3-16(12-13)20(22)23)18-14-4-6-15(7-5-14)19-8-10-24-11-9-19;/h1-7,12H,8-11H2,(H,18,21);1H. The highest BCUT2D eigenvalue weighted by Crippen LogP contribution is 2.20. The van der Waals surface area contributed by atoms with Gasteiger partial charge in [0.1, 0.15) is 0 Å². The highest BCUT2D eigenvalue weighted by molar-refractivity contribution is 6.04. The zero-order valence-corrected chi connectivity index (χ0v) is 14.2. The number of nitrogens with one attached hydrogen (secondary N) is 1. The summed E-state index contributed by atoms with van der Waals surface area (Å²) in [7, 11) is 0. The maximum absolute atomic E-state index is 12.2. The summed E-state index contributed by atoms with van der Waals surface area (Å²) in [6.45, 7) is 3.12. The smallest absolute Gasteiger partial charge is 0.270 e. The van der Waals surface area contributed by atoms with E-state index >= 15 is 0 Å². The second-order valence-electron chi connectivity index (χ2n) is 5.41. The minimum Gasteiger partial charge on any atom is -0.378 e. The van der Waals surface area contributed by atoms with E-state index in [2.05, 4.69) is 10.2 Å².